The number of aryl methyl sites for hydroxylation is 2. The van der Waals surface area contributed by atoms with Gasteiger partial charge in [-0.15, -0.1) is 0 Å². The Kier molecular flexibility index (Phi) is 3.69. The molecule has 1 amide bonds. The first-order valence-electron chi connectivity index (χ1n) is 9.56. The first-order valence-corrected chi connectivity index (χ1v) is 9.56. The molecule has 3 aliphatic rings. The van der Waals surface area contributed by atoms with Gasteiger partial charge < -0.3 is 9.42 Å². The highest BCUT2D eigenvalue weighted by Crippen LogP contribution is 2.40. The zero-order valence-electron chi connectivity index (χ0n) is 14.7. The molecule has 2 aromatic heterocycles. The van der Waals surface area contributed by atoms with E-state index in [-0.39, 0.29) is 17.5 Å². The molecule has 0 aromatic carbocycles. The SMILES string of the molecule is O=C(c1cc(C2CC2)on1)N1CCCC1Cn1nc2c(cc1=O)CCC2. The number of carbonyl (C=O) groups is 1. The van der Waals surface area contributed by atoms with E-state index in [1.54, 1.807) is 16.8 Å². The maximum atomic E-state index is 12.9. The highest BCUT2D eigenvalue weighted by atomic mass is 16.5. The number of hydrogen-bond acceptors (Lipinski definition) is 5. The van der Waals surface area contributed by atoms with E-state index >= 15 is 0 Å². The van der Waals surface area contributed by atoms with Crippen LogP contribution in [0, 0.1) is 0 Å². The molecule has 1 unspecified atom stereocenters. The molecule has 0 radical (unpaired) electrons. The lowest BCUT2D eigenvalue weighted by Gasteiger charge is -2.24. The standard InChI is InChI=1S/C19H22N4O3/c24-18-9-13-3-1-5-15(13)20-23(18)11-14-4-2-8-22(14)19(25)16-10-17(26-21-16)12-6-7-12/h9-10,12,14H,1-8,11H2. The topological polar surface area (TPSA) is 81.2 Å². The van der Waals surface area contributed by atoms with Crippen LogP contribution >= 0.6 is 0 Å². The fraction of sp³-hybridized carbons (Fsp3) is 0.579. The van der Waals surface area contributed by atoms with Gasteiger partial charge in [-0.2, -0.15) is 5.10 Å². The fourth-order valence-corrected chi connectivity index (χ4v) is 4.16. The first-order chi connectivity index (χ1) is 12.7. The molecule has 136 valence electrons. The molecule has 1 atom stereocenters. The molecule has 1 saturated heterocycles. The maximum Gasteiger partial charge on any atom is 0.276 e. The van der Waals surface area contributed by atoms with Gasteiger partial charge in [-0.05, 0) is 50.5 Å². The summed E-state index contributed by atoms with van der Waals surface area (Å²) < 4.78 is 6.87. The summed E-state index contributed by atoms with van der Waals surface area (Å²) in [4.78, 5) is 27.1. The highest BCUT2D eigenvalue weighted by molar-refractivity contribution is 5.92. The molecule has 0 N–H and O–H groups in total. The summed E-state index contributed by atoms with van der Waals surface area (Å²) in [5.41, 5.74) is 2.43. The molecule has 26 heavy (non-hydrogen) atoms. The Bertz CT molecular complexity index is 912. The summed E-state index contributed by atoms with van der Waals surface area (Å²) in [6.45, 7) is 1.14. The van der Waals surface area contributed by atoms with Crippen LogP contribution in [0.15, 0.2) is 21.5 Å². The average molecular weight is 354 g/mol. The van der Waals surface area contributed by atoms with E-state index in [0.29, 0.717) is 24.7 Å². The highest BCUT2D eigenvalue weighted by Gasteiger charge is 2.34. The molecule has 5 rings (SSSR count). The van der Waals surface area contributed by atoms with Gasteiger partial charge in [0.1, 0.15) is 5.76 Å². The largest absolute Gasteiger partial charge is 0.360 e. The second-order valence-corrected chi connectivity index (χ2v) is 7.67. The third-order valence-corrected chi connectivity index (χ3v) is 5.77. The Labute approximate surface area is 151 Å². The Balaban J connectivity index is 1.35. The van der Waals surface area contributed by atoms with Crippen LogP contribution in [0.4, 0.5) is 0 Å². The van der Waals surface area contributed by atoms with Crippen molar-refractivity contribution in [3.8, 4) is 0 Å². The minimum Gasteiger partial charge on any atom is -0.360 e. The van der Waals surface area contributed by atoms with Gasteiger partial charge in [0.2, 0.25) is 0 Å². The van der Waals surface area contributed by atoms with E-state index in [1.165, 1.54) is 0 Å². The van der Waals surface area contributed by atoms with Crippen LogP contribution in [0.2, 0.25) is 0 Å². The Morgan fingerprint density at radius 2 is 2.08 bits per heavy atom. The van der Waals surface area contributed by atoms with Gasteiger partial charge in [0.15, 0.2) is 5.69 Å². The summed E-state index contributed by atoms with van der Waals surface area (Å²) in [5, 5.41) is 8.53. The van der Waals surface area contributed by atoms with Gasteiger partial charge in [0.25, 0.3) is 11.5 Å². The maximum absolute atomic E-state index is 12.9. The monoisotopic (exact) mass is 354 g/mol. The lowest BCUT2D eigenvalue weighted by atomic mass is 10.2. The third kappa shape index (κ3) is 2.75. The van der Waals surface area contributed by atoms with Crippen molar-refractivity contribution in [2.45, 2.75) is 63.5 Å². The minimum absolute atomic E-state index is 0.0202. The number of amides is 1. The van der Waals surface area contributed by atoms with Crippen LogP contribution in [0.1, 0.15) is 65.5 Å². The average Bonchev–Trinajstić information content (AvgIpc) is 3.03. The molecule has 0 spiro atoms. The first kappa shape index (κ1) is 15.8. The minimum atomic E-state index is -0.0997. The molecule has 2 aliphatic carbocycles. The number of hydrogen-bond donors (Lipinski definition) is 0. The van der Waals surface area contributed by atoms with Crippen LogP contribution in [0.25, 0.3) is 0 Å². The molecule has 3 heterocycles. The molecular formula is C19H22N4O3. The molecule has 0 bridgehead atoms. The summed E-state index contributed by atoms with van der Waals surface area (Å²) in [6, 6.07) is 3.48. The van der Waals surface area contributed by atoms with E-state index in [1.807, 2.05) is 4.90 Å². The number of fused-ring (bicyclic) bond motifs is 1. The second kappa shape index (κ2) is 6.07. The van der Waals surface area contributed by atoms with Crippen LogP contribution in [0.5, 0.6) is 0 Å². The van der Waals surface area contributed by atoms with Crippen molar-refractivity contribution in [2.24, 2.45) is 0 Å². The molecular weight excluding hydrogens is 332 g/mol. The number of likely N-dealkylation sites (tertiary alicyclic amines) is 1. The number of nitrogens with zero attached hydrogens (tertiary/aromatic N) is 4. The van der Waals surface area contributed by atoms with Gasteiger partial charge in [-0.1, -0.05) is 5.16 Å². The van der Waals surface area contributed by atoms with Crippen molar-refractivity contribution in [3.63, 3.8) is 0 Å². The van der Waals surface area contributed by atoms with E-state index in [2.05, 4.69) is 10.3 Å². The molecule has 7 nitrogen and oxygen atoms in total. The van der Waals surface area contributed by atoms with Crippen LogP contribution in [-0.2, 0) is 19.4 Å². The summed E-state index contributed by atoms with van der Waals surface area (Å²) >= 11 is 0. The summed E-state index contributed by atoms with van der Waals surface area (Å²) in [6.07, 6.45) is 6.99. The van der Waals surface area contributed by atoms with Crippen molar-refractivity contribution in [1.29, 1.82) is 0 Å². The number of carbonyl (C=O) groups excluding carboxylic acids is 1. The van der Waals surface area contributed by atoms with Crippen molar-refractivity contribution in [2.75, 3.05) is 6.54 Å². The van der Waals surface area contributed by atoms with Gasteiger partial charge in [0.05, 0.1) is 18.3 Å². The lowest BCUT2D eigenvalue weighted by molar-refractivity contribution is 0.0709. The predicted molar refractivity (Wildman–Crippen MR) is 93.1 cm³/mol. The summed E-state index contributed by atoms with van der Waals surface area (Å²) in [5.74, 6) is 1.16. The van der Waals surface area contributed by atoms with Gasteiger partial charge in [-0.25, -0.2) is 4.68 Å². The van der Waals surface area contributed by atoms with Crippen LogP contribution in [0.3, 0.4) is 0 Å². The van der Waals surface area contributed by atoms with E-state index in [4.69, 9.17) is 4.52 Å². The quantitative estimate of drug-likeness (QED) is 0.838. The van der Waals surface area contributed by atoms with Gasteiger partial charge in [0, 0.05) is 24.6 Å². The van der Waals surface area contributed by atoms with Crippen molar-refractivity contribution in [1.82, 2.24) is 19.8 Å². The molecule has 7 heteroatoms. The van der Waals surface area contributed by atoms with E-state index in [9.17, 15) is 9.59 Å². The lowest BCUT2D eigenvalue weighted by Crippen LogP contribution is -2.41. The third-order valence-electron chi connectivity index (χ3n) is 5.77. The van der Waals surface area contributed by atoms with E-state index in [0.717, 1.165) is 62.0 Å². The Hall–Kier alpha value is -2.44. The molecule has 2 fully saturated rings. The van der Waals surface area contributed by atoms with Gasteiger partial charge >= 0.3 is 0 Å². The smallest absolute Gasteiger partial charge is 0.276 e. The second-order valence-electron chi connectivity index (χ2n) is 7.67. The predicted octanol–water partition coefficient (Wildman–Crippen LogP) is 1.90. The van der Waals surface area contributed by atoms with Crippen LogP contribution in [-0.4, -0.2) is 38.3 Å². The molecule has 1 aliphatic heterocycles. The van der Waals surface area contributed by atoms with Crippen molar-refractivity contribution >= 4 is 5.91 Å². The number of aromatic nitrogens is 3. The zero-order chi connectivity index (χ0) is 17.7. The Morgan fingerprint density at radius 1 is 1.19 bits per heavy atom. The zero-order valence-corrected chi connectivity index (χ0v) is 14.7. The van der Waals surface area contributed by atoms with Crippen molar-refractivity contribution < 1.29 is 9.32 Å². The number of rotatable bonds is 4. The fourth-order valence-electron chi connectivity index (χ4n) is 4.16. The normalized spacial score (nSPS) is 22.0. The van der Waals surface area contributed by atoms with Crippen molar-refractivity contribution in [3.05, 3.63) is 45.2 Å². The molecule has 2 aromatic rings. The summed E-state index contributed by atoms with van der Waals surface area (Å²) in [7, 11) is 0. The molecule has 1 saturated carbocycles. The Morgan fingerprint density at radius 3 is 2.92 bits per heavy atom. The van der Waals surface area contributed by atoms with Gasteiger partial charge in [-0.3, -0.25) is 9.59 Å². The van der Waals surface area contributed by atoms with E-state index < -0.39 is 0 Å². The van der Waals surface area contributed by atoms with Crippen LogP contribution < -0.4 is 5.56 Å².